The standard InChI is InChI=1S/C20H18BrN5O/c1-11-4-3-5-14(10-11)19-24-20-23-12(2)16(18(22)27)17(26(20)25-19)13-6-8-15(21)9-7-13/h3-10,17H,1-2H3,(H2,22,27)(H,23,24,25). The molecule has 1 unspecified atom stereocenters. The summed E-state index contributed by atoms with van der Waals surface area (Å²) in [4.78, 5) is 16.8. The molecule has 1 amide bonds. The molecule has 2 aromatic carbocycles. The average molecular weight is 424 g/mol. The average Bonchev–Trinajstić information content (AvgIpc) is 3.04. The number of aryl methyl sites for hydroxylation is 1. The van der Waals surface area contributed by atoms with Crippen LogP contribution < -0.4 is 11.1 Å². The van der Waals surface area contributed by atoms with E-state index in [0.717, 1.165) is 21.2 Å². The van der Waals surface area contributed by atoms with Gasteiger partial charge in [0.25, 0.3) is 0 Å². The minimum absolute atomic E-state index is 0.432. The number of nitrogens with two attached hydrogens (primary N) is 1. The first-order valence-corrected chi connectivity index (χ1v) is 9.30. The van der Waals surface area contributed by atoms with Crippen molar-refractivity contribution < 1.29 is 4.79 Å². The van der Waals surface area contributed by atoms with Crippen LogP contribution in [0.1, 0.15) is 24.1 Å². The number of amides is 1. The Morgan fingerprint density at radius 2 is 1.93 bits per heavy atom. The molecule has 1 aliphatic rings. The number of rotatable bonds is 3. The molecule has 4 rings (SSSR count). The molecule has 27 heavy (non-hydrogen) atoms. The number of aromatic nitrogens is 3. The van der Waals surface area contributed by atoms with E-state index in [9.17, 15) is 4.79 Å². The largest absolute Gasteiger partial charge is 0.366 e. The van der Waals surface area contributed by atoms with Gasteiger partial charge in [-0.3, -0.25) is 4.79 Å². The molecular formula is C20H18BrN5O. The summed E-state index contributed by atoms with van der Waals surface area (Å²) in [6.45, 7) is 3.86. The van der Waals surface area contributed by atoms with Gasteiger partial charge in [0, 0.05) is 15.7 Å². The quantitative estimate of drug-likeness (QED) is 0.670. The Hall–Kier alpha value is -2.93. The summed E-state index contributed by atoms with van der Waals surface area (Å²) in [6.07, 6.45) is 0. The second kappa shape index (κ2) is 6.66. The minimum atomic E-state index is -0.480. The normalized spacial score (nSPS) is 16.0. The molecule has 3 aromatic rings. The van der Waals surface area contributed by atoms with Crippen LogP contribution in [-0.2, 0) is 4.79 Å². The predicted molar refractivity (Wildman–Crippen MR) is 108 cm³/mol. The minimum Gasteiger partial charge on any atom is -0.366 e. The third-order valence-corrected chi connectivity index (χ3v) is 5.11. The molecule has 3 N–H and O–H groups in total. The highest BCUT2D eigenvalue weighted by Crippen LogP contribution is 2.36. The van der Waals surface area contributed by atoms with Crippen molar-refractivity contribution in [3.05, 3.63) is 75.4 Å². The number of fused-ring (bicyclic) bond motifs is 1. The van der Waals surface area contributed by atoms with Gasteiger partial charge in [0.15, 0.2) is 5.82 Å². The Kier molecular flexibility index (Phi) is 4.31. The Bertz CT molecular complexity index is 1070. The molecule has 0 saturated heterocycles. The lowest BCUT2D eigenvalue weighted by molar-refractivity contribution is -0.115. The van der Waals surface area contributed by atoms with Crippen molar-refractivity contribution in [3.63, 3.8) is 0 Å². The zero-order valence-electron chi connectivity index (χ0n) is 14.9. The van der Waals surface area contributed by atoms with Gasteiger partial charge in [-0.1, -0.05) is 51.8 Å². The van der Waals surface area contributed by atoms with Gasteiger partial charge < -0.3 is 11.1 Å². The summed E-state index contributed by atoms with van der Waals surface area (Å²) in [5.41, 5.74) is 9.83. The number of allylic oxidation sites excluding steroid dienone is 1. The maximum atomic E-state index is 12.2. The highest BCUT2D eigenvalue weighted by molar-refractivity contribution is 9.10. The van der Waals surface area contributed by atoms with Crippen LogP contribution in [0.2, 0.25) is 0 Å². The van der Waals surface area contributed by atoms with Gasteiger partial charge in [-0.2, -0.15) is 4.98 Å². The Labute approximate surface area is 165 Å². The molecule has 0 spiro atoms. The lowest BCUT2D eigenvalue weighted by atomic mass is 9.95. The van der Waals surface area contributed by atoms with Gasteiger partial charge in [0.1, 0.15) is 6.04 Å². The maximum absolute atomic E-state index is 12.2. The van der Waals surface area contributed by atoms with Crippen LogP contribution in [0.3, 0.4) is 0 Å². The number of halogens is 1. The van der Waals surface area contributed by atoms with Crippen LogP contribution in [-0.4, -0.2) is 20.7 Å². The van der Waals surface area contributed by atoms with Crippen molar-refractivity contribution >= 4 is 27.8 Å². The molecule has 0 aliphatic carbocycles. The predicted octanol–water partition coefficient (Wildman–Crippen LogP) is 3.79. The Balaban J connectivity index is 1.88. The molecule has 1 aliphatic heterocycles. The van der Waals surface area contributed by atoms with Gasteiger partial charge in [-0.05, 0) is 37.6 Å². The first kappa shape index (κ1) is 17.5. The number of carbonyl (C=O) groups excluding carboxylic acids is 1. The first-order valence-electron chi connectivity index (χ1n) is 8.50. The van der Waals surface area contributed by atoms with E-state index in [2.05, 4.69) is 26.2 Å². The van der Waals surface area contributed by atoms with E-state index in [1.54, 1.807) is 4.68 Å². The number of hydrogen-bond acceptors (Lipinski definition) is 4. The van der Waals surface area contributed by atoms with E-state index in [-0.39, 0.29) is 0 Å². The van der Waals surface area contributed by atoms with Crippen molar-refractivity contribution in [2.75, 3.05) is 5.32 Å². The van der Waals surface area contributed by atoms with Crippen LogP contribution in [0, 0.1) is 6.92 Å². The third kappa shape index (κ3) is 3.14. The zero-order valence-corrected chi connectivity index (χ0v) is 16.5. The molecule has 1 atom stereocenters. The van der Waals surface area contributed by atoms with Crippen LogP contribution in [0.5, 0.6) is 0 Å². The second-order valence-electron chi connectivity index (χ2n) is 6.56. The molecule has 0 saturated carbocycles. The van der Waals surface area contributed by atoms with Crippen molar-refractivity contribution in [2.45, 2.75) is 19.9 Å². The van der Waals surface area contributed by atoms with E-state index in [4.69, 9.17) is 10.8 Å². The SMILES string of the molecule is CC1=C(C(N)=O)C(c2ccc(Br)cc2)n2nc(-c3cccc(C)c3)nc2N1. The van der Waals surface area contributed by atoms with E-state index < -0.39 is 11.9 Å². The van der Waals surface area contributed by atoms with Crippen molar-refractivity contribution in [1.82, 2.24) is 14.8 Å². The van der Waals surface area contributed by atoms with E-state index in [1.807, 2.05) is 62.4 Å². The number of nitrogens with zero attached hydrogens (tertiary/aromatic N) is 3. The molecule has 2 heterocycles. The lowest BCUT2D eigenvalue weighted by Crippen LogP contribution is -2.31. The van der Waals surface area contributed by atoms with Crippen LogP contribution in [0.4, 0.5) is 5.95 Å². The van der Waals surface area contributed by atoms with Crippen LogP contribution in [0.15, 0.2) is 64.3 Å². The monoisotopic (exact) mass is 423 g/mol. The third-order valence-electron chi connectivity index (χ3n) is 4.58. The molecular weight excluding hydrogens is 406 g/mol. The van der Waals surface area contributed by atoms with Crippen molar-refractivity contribution in [3.8, 4) is 11.4 Å². The van der Waals surface area contributed by atoms with Crippen molar-refractivity contribution in [1.29, 1.82) is 0 Å². The lowest BCUT2D eigenvalue weighted by Gasteiger charge is -2.27. The number of benzene rings is 2. The molecule has 6 nitrogen and oxygen atoms in total. The van der Waals surface area contributed by atoms with E-state index in [0.29, 0.717) is 23.0 Å². The Morgan fingerprint density at radius 1 is 1.19 bits per heavy atom. The van der Waals surface area contributed by atoms with Gasteiger partial charge in [-0.25, -0.2) is 4.68 Å². The van der Waals surface area contributed by atoms with Gasteiger partial charge in [0.05, 0.1) is 5.57 Å². The molecule has 136 valence electrons. The summed E-state index contributed by atoms with van der Waals surface area (Å²) in [5.74, 6) is 0.704. The summed E-state index contributed by atoms with van der Waals surface area (Å²) >= 11 is 3.45. The van der Waals surface area contributed by atoms with Crippen LogP contribution >= 0.6 is 15.9 Å². The first-order chi connectivity index (χ1) is 12.9. The van der Waals surface area contributed by atoms with Gasteiger partial charge in [-0.15, -0.1) is 5.10 Å². The van der Waals surface area contributed by atoms with Gasteiger partial charge in [0.2, 0.25) is 11.9 Å². The van der Waals surface area contributed by atoms with Gasteiger partial charge >= 0.3 is 0 Å². The summed E-state index contributed by atoms with van der Waals surface area (Å²) < 4.78 is 2.69. The summed E-state index contributed by atoms with van der Waals surface area (Å²) in [5, 5.41) is 7.86. The molecule has 7 heteroatoms. The van der Waals surface area contributed by atoms with E-state index >= 15 is 0 Å². The maximum Gasteiger partial charge on any atom is 0.248 e. The number of primary amides is 1. The number of carbonyl (C=O) groups is 1. The number of hydrogen-bond donors (Lipinski definition) is 2. The second-order valence-corrected chi connectivity index (χ2v) is 7.47. The smallest absolute Gasteiger partial charge is 0.248 e. The molecule has 0 radical (unpaired) electrons. The Morgan fingerprint density at radius 3 is 2.59 bits per heavy atom. The fourth-order valence-corrected chi connectivity index (χ4v) is 3.59. The zero-order chi connectivity index (χ0) is 19.1. The fraction of sp³-hybridized carbons (Fsp3) is 0.150. The summed E-state index contributed by atoms with van der Waals surface area (Å²) in [6, 6.07) is 15.3. The van der Waals surface area contributed by atoms with Crippen molar-refractivity contribution in [2.24, 2.45) is 5.73 Å². The molecule has 1 aromatic heterocycles. The summed E-state index contributed by atoms with van der Waals surface area (Å²) in [7, 11) is 0. The fourth-order valence-electron chi connectivity index (χ4n) is 3.33. The topological polar surface area (TPSA) is 85.8 Å². The van der Waals surface area contributed by atoms with E-state index in [1.165, 1.54) is 0 Å². The number of anilines is 1. The van der Waals surface area contributed by atoms with Crippen LogP contribution in [0.25, 0.3) is 11.4 Å². The highest BCUT2D eigenvalue weighted by Gasteiger charge is 2.33. The highest BCUT2D eigenvalue weighted by atomic mass is 79.9. The number of nitrogens with one attached hydrogen (secondary N) is 1. The molecule has 0 fully saturated rings. The molecule has 0 bridgehead atoms.